The maximum Gasteiger partial charge on any atom is 0.169 e. The molecule has 0 aromatic heterocycles. The second-order valence-electron chi connectivity index (χ2n) is 5.43. The van der Waals surface area contributed by atoms with E-state index in [1.165, 1.54) is 19.2 Å². The average Bonchev–Trinajstić information content (AvgIpc) is 2.70. The van der Waals surface area contributed by atoms with Crippen LogP contribution in [0.25, 0.3) is 0 Å². The van der Waals surface area contributed by atoms with Gasteiger partial charge in [-0.3, -0.25) is 4.79 Å². The molecule has 0 N–H and O–H groups in total. The van der Waals surface area contributed by atoms with Crippen LogP contribution >= 0.6 is 0 Å². The monoisotopic (exact) mass is 282 g/mol. The molecule has 0 radical (unpaired) electrons. The van der Waals surface area contributed by atoms with Gasteiger partial charge in [0, 0.05) is 13.5 Å². The Kier molecular flexibility index (Phi) is 4.86. The SMILES string of the molecule is COC1(C(=O)Cc2cccc(F)c2F)CCCCCC1. The number of ketones is 1. The molecule has 20 heavy (non-hydrogen) atoms. The lowest BCUT2D eigenvalue weighted by Gasteiger charge is -2.29. The highest BCUT2D eigenvalue weighted by atomic mass is 19.2. The number of Topliss-reactive ketones (excluding diaryl/α,β-unsaturated/α-hetero) is 1. The highest BCUT2D eigenvalue weighted by Gasteiger charge is 2.38. The highest BCUT2D eigenvalue weighted by molar-refractivity contribution is 5.89. The van der Waals surface area contributed by atoms with Gasteiger partial charge in [0.05, 0.1) is 0 Å². The summed E-state index contributed by atoms with van der Waals surface area (Å²) >= 11 is 0. The van der Waals surface area contributed by atoms with Crippen molar-refractivity contribution in [3.05, 3.63) is 35.4 Å². The van der Waals surface area contributed by atoms with Gasteiger partial charge >= 0.3 is 0 Å². The summed E-state index contributed by atoms with van der Waals surface area (Å²) in [5.41, 5.74) is -0.717. The number of rotatable bonds is 4. The number of halogens is 2. The summed E-state index contributed by atoms with van der Waals surface area (Å²) in [6.07, 6.45) is 5.27. The molecule has 1 saturated carbocycles. The molecule has 1 aliphatic carbocycles. The quantitative estimate of drug-likeness (QED) is 0.785. The lowest BCUT2D eigenvalue weighted by molar-refractivity contribution is -0.142. The molecule has 0 amide bonds. The van der Waals surface area contributed by atoms with E-state index < -0.39 is 17.2 Å². The predicted molar refractivity (Wildman–Crippen MR) is 72.5 cm³/mol. The Hall–Kier alpha value is -1.29. The Balaban J connectivity index is 2.18. The molecule has 1 aliphatic rings. The van der Waals surface area contributed by atoms with Crippen LogP contribution in [-0.4, -0.2) is 18.5 Å². The van der Waals surface area contributed by atoms with E-state index in [0.717, 1.165) is 31.7 Å². The topological polar surface area (TPSA) is 26.3 Å². The smallest absolute Gasteiger partial charge is 0.169 e. The zero-order valence-corrected chi connectivity index (χ0v) is 11.8. The number of hydrogen-bond donors (Lipinski definition) is 0. The molecule has 0 unspecified atom stereocenters. The molecule has 2 rings (SSSR count). The van der Waals surface area contributed by atoms with Crippen molar-refractivity contribution in [2.24, 2.45) is 0 Å². The van der Waals surface area contributed by atoms with Gasteiger partial charge in [-0.15, -0.1) is 0 Å². The minimum absolute atomic E-state index is 0.107. The van der Waals surface area contributed by atoms with Crippen LogP contribution in [0.5, 0.6) is 0 Å². The molecular weight excluding hydrogens is 262 g/mol. The van der Waals surface area contributed by atoms with Crippen LogP contribution in [-0.2, 0) is 16.0 Å². The van der Waals surface area contributed by atoms with Gasteiger partial charge in [0.25, 0.3) is 0 Å². The Morgan fingerprint density at radius 3 is 2.45 bits per heavy atom. The standard InChI is InChI=1S/C16H20F2O2/c1-20-16(9-4-2-3-5-10-16)14(19)11-12-7-6-8-13(17)15(12)18/h6-8H,2-5,9-11H2,1H3. The maximum atomic E-state index is 13.7. The number of ether oxygens (including phenoxy) is 1. The first kappa shape index (κ1) is 15.1. The zero-order valence-electron chi connectivity index (χ0n) is 11.8. The van der Waals surface area contributed by atoms with E-state index in [2.05, 4.69) is 0 Å². The van der Waals surface area contributed by atoms with Crippen molar-refractivity contribution in [1.29, 1.82) is 0 Å². The Morgan fingerprint density at radius 1 is 1.20 bits per heavy atom. The van der Waals surface area contributed by atoms with Crippen molar-refractivity contribution in [2.45, 2.75) is 50.5 Å². The van der Waals surface area contributed by atoms with Gasteiger partial charge in [0.2, 0.25) is 0 Å². The number of methoxy groups -OCH3 is 1. The van der Waals surface area contributed by atoms with Crippen LogP contribution in [0.1, 0.15) is 44.1 Å². The summed E-state index contributed by atoms with van der Waals surface area (Å²) in [5, 5.41) is 0. The van der Waals surface area contributed by atoms with E-state index in [9.17, 15) is 13.6 Å². The summed E-state index contributed by atoms with van der Waals surface area (Å²) in [4.78, 5) is 12.5. The third kappa shape index (κ3) is 3.06. The largest absolute Gasteiger partial charge is 0.370 e. The number of carbonyl (C=O) groups excluding carboxylic acids is 1. The second-order valence-corrected chi connectivity index (χ2v) is 5.43. The van der Waals surface area contributed by atoms with Crippen molar-refractivity contribution < 1.29 is 18.3 Å². The molecule has 0 heterocycles. The lowest BCUT2D eigenvalue weighted by atomic mass is 9.86. The van der Waals surface area contributed by atoms with Crippen LogP contribution in [0.15, 0.2) is 18.2 Å². The summed E-state index contributed by atoms with van der Waals surface area (Å²) in [6, 6.07) is 3.94. The fourth-order valence-corrected chi connectivity index (χ4v) is 2.92. The molecule has 0 saturated heterocycles. The van der Waals surface area contributed by atoms with Crippen molar-refractivity contribution in [3.63, 3.8) is 0 Å². The van der Waals surface area contributed by atoms with Gasteiger partial charge in [-0.1, -0.05) is 37.8 Å². The molecule has 0 atom stereocenters. The summed E-state index contributed by atoms with van der Waals surface area (Å²) in [7, 11) is 1.53. The van der Waals surface area contributed by atoms with E-state index in [1.807, 2.05) is 0 Å². The first-order valence-corrected chi connectivity index (χ1v) is 7.10. The van der Waals surface area contributed by atoms with E-state index in [1.54, 1.807) is 0 Å². The Bertz CT molecular complexity index is 477. The molecule has 0 spiro atoms. The van der Waals surface area contributed by atoms with Crippen LogP contribution < -0.4 is 0 Å². The van der Waals surface area contributed by atoms with Crippen LogP contribution in [0.3, 0.4) is 0 Å². The first-order valence-electron chi connectivity index (χ1n) is 7.10. The average molecular weight is 282 g/mol. The predicted octanol–water partition coefficient (Wildman–Crippen LogP) is 3.82. The summed E-state index contributed by atoms with van der Waals surface area (Å²) in [6.45, 7) is 0. The van der Waals surface area contributed by atoms with Crippen molar-refractivity contribution >= 4 is 5.78 Å². The van der Waals surface area contributed by atoms with Crippen LogP contribution in [0, 0.1) is 11.6 Å². The Labute approximate surface area is 118 Å². The van der Waals surface area contributed by atoms with Crippen molar-refractivity contribution in [1.82, 2.24) is 0 Å². The van der Waals surface area contributed by atoms with Gasteiger partial charge in [-0.2, -0.15) is 0 Å². The molecule has 0 bridgehead atoms. The van der Waals surface area contributed by atoms with Crippen molar-refractivity contribution in [2.75, 3.05) is 7.11 Å². The third-order valence-electron chi connectivity index (χ3n) is 4.19. The Morgan fingerprint density at radius 2 is 1.85 bits per heavy atom. The molecule has 110 valence electrons. The van der Waals surface area contributed by atoms with Crippen LogP contribution in [0.4, 0.5) is 8.78 Å². The highest BCUT2D eigenvalue weighted by Crippen LogP contribution is 2.32. The molecule has 2 nitrogen and oxygen atoms in total. The minimum Gasteiger partial charge on any atom is -0.370 e. The molecular formula is C16H20F2O2. The lowest BCUT2D eigenvalue weighted by Crippen LogP contribution is -2.41. The van der Waals surface area contributed by atoms with Gasteiger partial charge in [0.15, 0.2) is 17.4 Å². The first-order chi connectivity index (χ1) is 9.59. The molecule has 0 aliphatic heterocycles. The van der Waals surface area contributed by atoms with Gasteiger partial charge in [-0.25, -0.2) is 8.78 Å². The number of carbonyl (C=O) groups is 1. The number of benzene rings is 1. The van der Waals surface area contributed by atoms with E-state index in [-0.39, 0.29) is 17.8 Å². The summed E-state index contributed by atoms with van der Waals surface area (Å²) < 4.78 is 32.4. The van der Waals surface area contributed by atoms with E-state index in [0.29, 0.717) is 12.8 Å². The van der Waals surface area contributed by atoms with Gasteiger partial charge in [-0.05, 0) is 24.5 Å². The van der Waals surface area contributed by atoms with Crippen molar-refractivity contribution in [3.8, 4) is 0 Å². The molecule has 1 aromatic carbocycles. The fourth-order valence-electron chi connectivity index (χ4n) is 2.92. The maximum absolute atomic E-state index is 13.7. The molecule has 4 heteroatoms. The summed E-state index contributed by atoms with van der Waals surface area (Å²) in [5.74, 6) is -1.99. The van der Waals surface area contributed by atoms with E-state index >= 15 is 0 Å². The van der Waals surface area contributed by atoms with E-state index in [4.69, 9.17) is 4.74 Å². The normalized spacial score (nSPS) is 18.6. The van der Waals surface area contributed by atoms with Gasteiger partial charge in [0.1, 0.15) is 5.60 Å². The number of hydrogen-bond acceptors (Lipinski definition) is 2. The minimum atomic E-state index is -0.930. The van der Waals surface area contributed by atoms with Crippen LogP contribution in [0.2, 0.25) is 0 Å². The molecule has 1 fully saturated rings. The fraction of sp³-hybridized carbons (Fsp3) is 0.562. The van der Waals surface area contributed by atoms with Gasteiger partial charge < -0.3 is 4.74 Å². The second kappa shape index (κ2) is 6.44. The third-order valence-corrected chi connectivity index (χ3v) is 4.19. The molecule has 1 aromatic rings. The zero-order chi connectivity index (χ0) is 14.6.